The Bertz CT molecular complexity index is 870. The average molecular weight is 323 g/mol. The number of hydrogen-bond acceptors (Lipinski definition) is 3. The minimum Gasteiger partial charge on any atom is -0.480 e. The van der Waals surface area contributed by atoms with Crippen LogP contribution in [0, 0.1) is 13.8 Å². The van der Waals surface area contributed by atoms with E-state index in [2.05, 4.69) is 28.5 Å². The smallest absolute Gasteiger partial charge is 0.321 e. The van der Waals surface area contributed by atoms with Crippen molar-refractivity contribution in [1.29, 1.82) is 0 Å². The predicted octanol–water partition coefficient (Wildman–Crippen LogP) is 2.97. The maximum Gasteiger partial charge on any atom is 0.321 e. The highest BCUT2D eigenvalue weighted by Crippen LogP contribution is 2.14. The molecule has 0 radical (unpaired) electrons. The zero-order valence-corrected chi connectivity index (χ0v) is 13.8. The van der Waals surface area contributed by atoms with Crippen molar-refractivity contribution in [3.05, 3.63) is 64.8 Å². The first kappa shape index (κ1) is 16.2. The molecule has 1 unspecified atom stereocenters. The van der Waals surface area contributed by atoms with Gasteiger partial charge in [-0.2, -0.15) is 5.10 Å². The molecule has 24 heavy (non-hydrogen) atoms. The average Bonchev–Trinajstić information content (AvgIpc) is 3.02. The Morgan fingerprint density at radius 1 is 1.17 bits per heavy atom. The molecule has 3 rings (SSSR count). The summed E-state index contributed by atoms with van der Waals surface area (Å²) >= 11 is 0. The SMILES string of the molecule is Cc1ccc(CC(NCc2ccc3cn[nH]c3c2)C(=O)O)cc1C. The molecule has 0 aliphatic heterocycles. The number of H-pyrrole nitrogens is 1. The Labute approximate surface area is 140 Å². The number of rotatable bonds is 6. The van der Waals surface area contributed by atoms with Crippen molar-refractivity contribution >= 4 is 16.9 Å². The zero-order chi connectivity index (χ0) is 17.1. The van der Waals surface area contributed by atoms with E-state index in [0.29, 0.717) is 13.0 Å². The molecule has 5 nitrogen and oxygen atoms in total. The van der Waals surface area contributed by atoms with Crippen LogP contribution in [0.25, 0.3) is 10.9 Å². The first-order valence-electron chi connectivity index (χ1n) is 7.97. The van der Waals surface area contributed by atoms with Gasteiger partial charge in [-0.15, -0.1) is 0 Å². The molecular weight excluding hydrogens is 302 g/mol. The number of hydrogen-bond donors (Lipinski definition) is 3. The van der Waals surface area contributed by atoms with Crippen LogP contribution < -0.4 is 5.32 Å². The van der Waals surface area contributed by atoms with Crippen LogP contribution in [0.4, 0.5) is 0 Å². The molecule has 1 aromatic heterocycles. The summed E-state index contributed by atoms with van der Waals surface area (Å²) < 4.78 is 0. The van der Waals surface area contributed by atoms with Crippen LogP contribution in [0.3, 0.4) is 0 Å². The quantitative estimate of drug-likeness (QED) is 0.652. The molecule has 5 heteroatoms. The fourth-order valence-electron chi connectivity index (χ4n) is 2.75. The summed E-state index contributed by atoms with van der Waals surface area (Å²) in [6, 6.07) is 11.4. The first-order valence-corrected chi connectivity index (χ1v) is 7.97. The van der Waals surface area contributed by atoms with E-state index in [9.17, 15) is 9.90 Å². The number of carboxylic acids is 1. The monoisotopic (exact) mass is 323 g/mol. The number of aromatic nitrogens is 2. The fourth-order valence-corrected chi connectivity index (χ4v) is 2.75. The van der Waals surface area contributed by atoms with E-state index in [0.717, 1.165) is 22.0 Å². The number of carbonyl (C=O) groups is 1. The van der Waals surface area contributed by atoms with Crippen molar-refractivity contribution in [1.82, 2.24) is 15.5 Å². The van der Waals surface area contributed by atoms with Gasteiger partial charge in [0.15, 0.2) is 0 Å². The summed E-state index contributed by atoms with van der Waals surface area (Å²) in [5, 5.41) is 20.6. The van der Waals surface area contributed by atoms with Crippen molar-refractivity contribution in [3.8, 4) is 0 Å². The van der Waals surface area contributed by atoms with Crippen LogP contribution in [0.5, 0.6) is 0 Å². The number of aryl methyl sites for hydroxylation is 2. The summed E-state index contributed by atoms with van der Waals surface area (Å²) in [6.45, 7) is 4.59. The van der Waals surface area contributed by atoms with E-state index in [1.54, 1.807) is 6.20 Å². The molecule has 0 spiro atoms. The highest BCUT2D eigenvalue weighted by atomic mass is 16.4. The normalized spacial score (nSPS) is 12.4. The molecule has 2 aromatic carbocycles. The molecule has 124 valence electrons. The van der Waals surface area contributed by atoms with Gasteiger partial charge in [-0.3, -0.25) is 9.89 Å². The van der Waals surface area contributed by atoms with E-state index in [1.165, 1.54) is 11.1 Å². The van der Waals surface area contributed by atoms with Crippen molar-refractivity contribution in [2.24, 2.45) is 0 Å². The van der Waals surface area contributed by atoms with Gasteiger partial charge in [-0.1, -0.05) is 30.3 Å². The second-order valence-corrected chi connectivity index (χ2v) is 6.19. The van der Waals surface area contributed by atoms with Crippen LogP contribution >= 0.6 is 0 Å². The lowest BCUT2D eigenvalue weighted by Gasteiger charge is -2.15. The Hall–Kier alpha value is -2.66. The number of carboxylic acid groups (broad SMARTS) is 1. The number of benzene rings is 2. The molecule has 3 N–H and O–H groups in total. The lowest BCUT2D eigenvalue weighted by Crippen LogP contribution is -2.38. The number of nitrogens with one attached hydrogen (secondary N) is 2. The number of nitrogens with zero attached hydrogens (tertiary/aromatic N) is 1. The summed E-state index contributed by atoms with van der Waals surface area (Å²) in [4.78, 5) is 11.6. The second kappa shape index (κ2) is 6.84. The van der Waals surface area contributed by atoms with Gasteiger partial charge in [0.25, 0.3) is 0 Å². The van der Waals surface area contributed by atoms with Crippen molar-refractivity contribution < 1.29 is 9.90 Å². The van der Waals surface area contributed by atoms with E-state index in [-0.39, 0.29) is 0 Å². The van der Waals surface area contributed by atoms with E-state index < -0.39 is 12.0 Å². The van der Waals surface area contributed by atoms with Crippen molar-refractivity contribution in [3.63, 3.8) is 0 Å². The summed E-state index contributed by atoms with van der Waals surface area (Å²) in [5.41, 5.74) is 5.41. The lowest BCUT2D eigenvalue weighted by molar-refractivity contribution is -0.139. The van der Waals surface area contributed by atoms with Gasteiger partial charge in [-0.25, -0.2) is 0 Å². The molecule has 0 fully saturated rings. The molecule has 0 amide bonds. The molecule has 0 saturated carbocycles. The van der Waals surface area contributed by atoms with E-state index >= 15 is 0 Å². The van der Waals surface area contributed by atoms with E-state index in [4.69, 9.17) is 0 Å². The van der Waals surface area contributed by atoms with Gasteiger partial charge in [0.1, 0.15) is 6.04 Å². The number of aromatic amines is 1. The van der Waals surface area contributed by atoms with Crippen molar-refractivity contribution in [2.45, 2.75) is 32.9 Å². The minimum atomic E-state index is -0.837. The van der Waals surface area contributed by atoms with Gasteiger partial charge < -0.3 is 10.4 Å². The standard InChI is InChI=1S/C19H21N3O2/c1-12-3-4-14(7-13(12)2)8-18(19(23)24)20-10-15-5-6-16-11-21-22-17(16)9-15/h3-7,9,11,18,20H,8,10H2,1-2H3,(H,21,22)(H,23,24). The highest BCUT2D eigenvalue weighted by Gasteiger charge is 2.17. The lowest BCUT2D eigenvalue weighted by atomic mass is 10.0. The molecule has 3 aromatic rings. The third kappa shape index (κ3) is 3.63. The van der Waals surface area contributed by atoms with E-state index in [1.807, 2.05) is 37.3 Å². The molecule has 0 aliphatic rings. The molecule has 0 bridgehead atoms. The van der Waals surface area contributed by atoms with Crippen LogP contribution in [-0.4, -0.2) is 27.3 Å². The Morgan fingerprint density at radius 2 is 1.96 bits per heavy atom. The Morgan fingerprint density at radius 3 is 2.71 bits per heavy atom. The zero-order valence-electron chi connectivity index (χ0n) is 13.8. The minimum absolute atomic E-state index is 0.461. The van der Waals surface area contributed by atoms with Gasteiger partial charge in [0.2, 0.25) is 0 Å². The van der Waals surface area contributed by atoms with Crippen molar-refractivity contribution in [2.75, 3.05) is 0 Å². The highest BCUT2D eigenvalue weighted by molar-refractivity contribution is 5.78. The first-order chi connectivity index (χ1) is 11.5. The summed E-state index contributed by atoms with van der Waals surface area (Å²) in [6.07, 6.45) is 2.23. The largest absolute Gasteiger partial charge is 0.480 e. The van der Waals surface area contributed by atoms with Crippen LogP contribution in [-0.2, 0) is 17.8 Å². The molecule has 0 saturated heterocycles. The molecule has 1 atom stereocenters. The number of aliphatic carboxylic acids is 1. The van der Waals surface area contributed by atoms with Crippen LogP contribution in [0.1, 0.15) is 22.3 Å². The maximum absolute atomic E-state index is 11.6. The molecule has 0 aliphatic carbocycles. The maximum atomic E-state index is 11.6. The summed E-state index contributed by atoms with van der Waals surface area (Å²) in [7, 11) is 0. The Balaban J connectivity index is 1.69. The van der Waals surface area contributed by atoms with Gasteiger partial charge in [0.05, 0.1) is 11.7 Å². The third-order valence-electron chi connectivity index (χ3n) is 4.37. The fraction of sp³-hybridized carbons (Fsp3) is 0.263. The second-order valence-electron chi connectivity index (χ2n) is 6.19. The van der Waals surface area contributed by atoms with Crippen LogP contribution in [0.2, 0.25) is 0 Å². The third-order valence-corrected chi connectivity index (χ3v) is 4.37. The van der Waals surface area contributed by atoms with Gasteiger partial charge in [0, 0.05) is 11.9 Å². The predicted molar refractivity (Wildman–Crippen MR) is 94.0 cm³/mol. The molecule has 1 heterocycles. The van der Waals surface area contributed by atoms with Crippen LogP contribution in [0.15, 0.2) is 42.6 Å². The molecular formula is C19H21N3O2. The Kier molecular flexibility index (Phi) is 4.62. The van der Waals surface area contributed by atoms with Gasteiger partial charge in [-0.05, 0) is 48.6 Å². The van der Waals surface area contributed by atoms with Gasteiger partial charge >= 0.3 is 5.97 Å². The number of fused-ring (bicyclic) bond motifs is 1. The topological polar surface area (TPSA) is 78.0 Å². The summed E-state index contributed by atoms with van der Waals surface area (Å²) in [5.74, 6) is -0.837.